The third kappa shape index (κ3) is 3.01. The molecular weight excluding hydrogens is 386 g/mol. The number of aromatic nitrogens is 3. The maximum atomic E-state index is 6.35. The van der Waals surface area contributed by atoms with E-state index in [4.69, 9.17) is 32.0 Å². The lowest BCUT2D eigenvalue weighted by molar-refractivity contribution is 0.416. The number of imidazole rings is 1. The summed E-state index contributed by atoms with van der Waals surface area (Å²) in [5, 5.41) is 0.487. The SMILES string of the molecule is CCc1nc2c(-c3cc(Cl)c(N)cc3OC)ncc(C)n2c1N(C1CC1)C1CC1. The minimum absolute atomic E-state index is 0.487. The molecule has 6 nitrogen and oxygen atoms in total. The molecule has 2 heterocycles. The van der Waals surface area contributed by atoms with E-state index < -0.39 is 0 Å². The molecule has 0 atom stereocenters. The number of nitrogen functional groups attached to an aromatic ring is 1. The average molecular weight is 412 g/mol. The summed E-state index contributed by atoms with van der Waals surface area (Å²) in [6.45, 7) is 4.27. The van der Waals surface area contributed by atoms with Gasteiger partial charge in [-0.05, 0) is 45.1 Å². The first-order chi connectivity index (χ1) is 14.0. The Morgan fingerprint density at radius 3 is 2.52 bits per heavy atom. The van der Waals surface area contributed by atoms with E-state index in [0.29, 0.717) is 28.5 Å². The lowest BCUT2D eigenvalue weighted by Crippen LogP contribution is -2.30. The molecule has 0 amide bonds. The summed E-state index contributed by atoms with van der Waals surface area (Å²) in [6.07, 6.45) is 7.87. The van der Waals surface area contributed by atoms with Crippen molar-refractivity contribution in [2.45, 2.75) is 58.0 Å². The van der Waals surface area contributed by atoms with E-state index in [1.165, 1.54) is 31.5 Å². The smallest absolute Gasteiger partial charge is 0.165 e. The molecule has 2 fully saturated rings. The van der Waals surface area contributed by atoms with Crippen LogP contribution in [0.1, 0.15) is 44.0 Å². The van der Waals surface area contributed by atoms with E-state index in [1.807, 2.05) is 12.3 Å². The van der Waals surface area contributed by atoms with Gasteiger partial charge < -0.3 is 15.4 Å². The van der Waals surface area contributed by atoms with Crippen LogP contribution in [0, 0.1) is 6.92 Å². The van der Waals surface area contributed by atoms with Gasteiger partial charge in [0.25, 0.3) is 0 Å². The van der Waals surface area contributed by atoms with Crippen LogP contribution in [0.15, 0.2) is 18.3 Å². The topological polar surface area (TPSA) is 68.7 Å². The number of anilines is 2. The van der Waals surface area contributed by atoms with E-state index in [1.54, 1.807) is 13.2 Å². The Bertz CT molecular complexity index is 1090. The van der Waals surface area contributed by atoms with Crippen LogP contribution in [0.5, 0.6) is 5.75 Å². The molecule has 2 aromatic heterocycles. The van der Waals surface area contributed by atoms with E-state index in [-0.39, 0.29) is 0 Å². The Labute approximate surface area is 175 Å². The molecule has 0 spiro atoms. The summed E-state index contributed by atoms with van der Waals surface area (Å²) < 4.78 is 7.88. The Morgan fingerprint density at radius 2 is 1.93 bits per heavy atom. The fourth-order valence-corrected chi connectivity index (χ4v) is 4.35. The molecule has 0 unspecified atom stereocenters. The van der Waals surface area contributed by atoms with Crippen molar-refractivity contribution in [3.05, 3.63) is 34.7 Å². The molecule has 5 rings (SSSR count). The van der Waals surface area contributed by atoms with Crippen molar-refractivity contribution < 1.29 is 4.74 Å². The molecule has 2 N–H and O–H groups in total. The molecule has 2 saturated carbocycles. The highest BCUT2D eigenvalue weighted by molar-refractivity contribution is 6.33. The van der Waals surface area contributed by atoms with E-state index in [0.717, 1.165) is 34.7 Å². The van der Waals surface area contributed by atoms with Crippen LogP contribution >= 0.6 is 11.6 Å². The minimum Gasteiger partial charge on any atom is -0.496 e. The van der Waals surface area contributed by atoms with Crippen molar-refractivity contribution in [1.29, 1.82) is 0 Å². The van der Waals surface area contributed by atoms with Gasteiger partial charge in [0, 0.05) is 35.6 Å². The van der Waals surface area contributed by atoms with Gasteiger partial charge in [0.2, 0.25) is 0 Å². The van der Waals surface area contributed by atoms with Gasteiger partial charge in [-0.25, -0.2) is 4.98 Å². The van der Waals surface area contributed by atoms with Gasteiger partial charge >= 0.3 is 0 Å². The zero-order valence-electron chi connectivity index (χ0n) is 17.1. The highest BCUT2D eigenvalue weighted by atomic mass is 35.5. The number of methoxy groups -OCH3 is 1. The molecule has 152 valence electrons. The molecule has 2 aliphatic carbocycles. The Morgan fingerprint density at radius 1 is 1.24 bits per heavy atom. The quantitative estimate of drug-likeness (QED) is 0.598. The predicted molar refractivity (Wildman–Crippen MR) is 117 cm³/mol. The third-order valence-electron chi connectivity index (χ3n) is 5.90. The molecule has 0 radical (unpaired) electrons. The van der Waals surface area contributed by atoms with E-state index >= 15 is 0 Å². The number of halogens is 1. The van der Waals surface area contributed by atoms with Gasteiger partial charge in [0.1, 0.15) is 17.3 Å². The highest BCUT2D eigenvalue weighted by Crippen LogP contribution is 2.44. The number of nitrogens with two attached hydrogens (primary N) is 1. The van der Waals surface area contributed by atoms with Gasteiger partial charge in [0.15, 0.2) is 5.65 Å². The molecule has 0 bridgehead atoms. The fourth-order valence-electron chi connectivity index (χ4n) is 4.19. The van der Waals surface area contributed by atoms with Crippen LogP contribution in [0.25, 0.3) is 16.9 Å². The Balaban J connectivity index is 1.78. The van der Waals surface area contributed by atoms with Crippen LogP contribution in [0.2, 0.25) is 5.02 Å². The lowest BCUT2D eigenvalue weighted by atomic mass is 10.1. The molecule has 7 heteroatoms. The normalized spacial score (nSPS) is 16.4. The van der Waals surface area contributed by atoms with Crippen molar-refractivity contribution in [3.63, 3.8) is 0 Å². The molecule has 29 heavy (non-hydrogen) atoms. The van der Waals surface area contributed by atoms with Gasteiger partial charge in [-0.1, -0.05) is 18.5 Å². The highest BCUT2D eigenvalue weighted by Gasteiger charge is 2.42. The van der Waals surface area contributed by atoms with Gasteiger partial charge in [-0.3, -0.25) is 9.38 Å². The summed E-state index contributed by atoms with van der Waals surface area (Å²) in [5.41, 5.74) is 11.1. The predicted octanol–water partition coefficient (Wildman–Crippen LogP) is 4.64. The maximum absolute atomic E-state index is 6.35. The first-order valence-electron chi connectivity index (χ1n) is 10.3. The lowest BCUT2D eigenvalue weighted by Gasteiger charge is -2.25. The van der Waals surface area contributed by atoms with E-state index in [2.05, 4.69) is 23.1 Å². The van der Waals surface area contributed by atoms with Gasteiger partial charge in [0.05, 0.1) is 23.5 Å². The Kier molecular flexibility index (Phi) is 4.35. The van der Waals surface area contributed by atoms with Crippen LogP contribution in [0.4, 0.5) is 11.5 Å². The molecule has 3 aromatic rings. The molecular formula is C22H26ClN5O. The summed E-state index contributed by atoms with van der Waals surface area (Å²) in [7, 11) is 1.63. The van der Waals surface area contributed by atoms with Crippen LogP contribution in [-0.4, -0.2) is 33.6 Å². The third-order valence-corrected chi connectivity index (χ3v) is 6.23. The van der Waals surface area contributed by atoms with Crippen molar-refractivity contribution in [2.75, 3.05) is 17.7 Å². The van der Waals surface area contributed by atoms with Crippen molar-refractivity contribution >= 4 is 28.8 Å². The largest absolute Gasteiger partial charge is 0.496 e. The molecule has 0 aliphatic heterocycles. The number of ether oxygens (including phenoxy) is 1. The first kappa shape index (κ1) is 18.6. The number of benzene rings is 1. The number of rotatable bonds is 6. The zero-order chi connectivity index (χ0) is 20.3. The fraction of sp³-hybridized carbons (Fsp3) is 0.455. The monoisotopic (exact) mass is 411 g/mol. The maximum Gasteiger partial charge on any atom is 0.165 e. The van der Waals surface area contributed by atoms with Crippen molar-refractivity contribution in [1.82, 2.24) is 14.4 Å². The number of hydrogen-bond donors (Lipinski definition) is 1. The van der Waals surface area contributed by atoms with Crippen molar-refractivity contribution in [3.8, 4) is 17.0 Å². The average Bonchev–Trinajstić information content (AvgIpc) is 3.63. The summed E-state index contributed by atoms with van der Waals surface area (Å²) in [5.74, 6) is 1.89. The molecule has 1 aromatic carbocycles. The van der Waals surface area contributed by atoms with Crippen LogP contribution in [-0.2, 0) is 6.42 Å². The first-order valence-corrected chi connectivity index (χ1v) is 10.7. The van der Waals surface area contributed by atoms with Crippen LogP contribution in [0.3, 0.4) is 0 Å². The summed E-state index contributed by atoms with van der Waals surface area (Å²) in [6, 6.07) is 4.86. The zero-order valence-corrected chi connectivity index (χ0v) is 17.8. The number of fused-ring (bicyclic) bond motifs is 1. The summed E-state index contributed by atoms with van der Waals surface area (Å²) >= 11 is 6.35. The molecule has 2 aliphatic rings. The van der Waals surface area contributed by atoms with Gasteiger partial charge in [-0.2, -0.15) is 0 Å². The van der Waals surface area contributed by atoms with Gasteiger partial charge in [-0.15, -0.1) is 0 Å². The number of nitrogens with zero attached hydrogens (tertiary/aromatic N) is 4. The second kappa shape index (κ2) is 6.80. The summed E-state index contributed by atoms with van der Waals surface area (Å²) in [4.78, 5) is 12.4. The Hall–Kier alpha value is -2.47. The van der Waals surface area contributed by atoms with Crippen molar-refractivity contribution in [2.24, 2.45) is 0 Å². The number of aryl methyl sites for hydroxylation is 2. The minimum atomic E-state index is 0.487. The standard InChI is InChI=1S/C22H26ClN5O/c1-4-18-22(28(13-5-6-13)14-7-8-14)27-12(2)11-25-20(21(27)26-18)15-9-16(23)17(24)10-19(15)29-3/h9-11,13-14H,4-8,24H2,1-3H3. The second-order valence-corrected chi connectivity index (χ2v) is 8.49. The van der Waals surface area contributed by atoms with E-state index in [9.17, 15) is 0 Å². The molecule has 0 saturated heterocycles. The van der Waals surface area contributed by atoms with Crippen LogP contribution < -0.4 is 15.4 Å². The number of hydrogen-bond acceptors (Lipinski definition) is 5. The second-order valence-electron chi connectivity index (χ2n) is 8.09.